The molecule has 0 aliphatic heterocycles. The normalized spacial score (nSPS) is 11.1. The van der Waals surface area contributed by atoms with E-state index < -0.39 is 18.0 Å². The van der Waals surface area contributed by atoms with Gasteiger partial charge in [-0.05, 0) is 29.8 Å². The number of nitrogens with zero attached hydrogens (tertiary/aromatic N) is 3. The number of benzene rings is 2. The van der Waals surface area contributed by atoms with Gasteiger partial charge in [-0.25, -0.2) is 0 Å². The smallest absolute Gasteiger partial charge is 0.406 e. The minimum absolute atomic E-state index is 0.247. The number of aromatic nitrogens is 2. The maximum Gasteiger partial charge on any atom is 0.573 e. The summed E-state index contributed by atoms with van der Waals surface area (Å²) >= 11 is 0. The summed E-state index contributed by atoms with van der Waals surface area (Å²) < 4.78 is 42.0. The molecule has 2 amide bonds. The van der Waals surface area contributed by atoms with Gasteiger partial charge in [0.25, 0.3) is 5.91 Å². The third-order valence-electron chi connectivity index (χ3n) is 4.17. The first-order valence-electron chi connectivity index (χ1n) is 9.17. The molecule has 0 unspecified atom stereocenters. The van der Waals surface area contributed by atoms with E-state index in [4.69, 9.17) is 0 Å². The number of rotatable bonds is 7. The lowest BCUT2D eigenvalue weighted by Crippen LogP contribution is -2.34. The number of carbonyl (C=O) groups excluding carboxylic acids is 2. The SMILES string of the molecule is CN(CC(=O)Nc1ccc(OC(F)(F)F)cc1)C(=O)c1cnn(Cc2ccccc2)c1. The molecule has 0 aliphatic rings. The number of anilines is 1. The molecule has 0 fully saturated rings. The van der Waals surface area contributed by atoms with Gasteiger partial charge < -0.3 is 15.0 Å². The second kappa shape index (κ2) is 9.33. The second-order valence-corrected chi connectivity index (χ2v) is 6.69. The van der Waals surface area contributed by atoms with E-state index in [1.165, 1.54) is 30.3 Å². The number of alkyl halides is 3. The summed E-state index contributed by atoms with van der Waals surface area (Å²) in [7, 11) is 1.47. The first-order valence-corrected chi connectivity index (χ1v) is 9.17. The van der Waals surface area contributed by atoms with Crippen LogP contribution in [0.2, 0.25) is 0 Å². The molecule has 0 aliphatic carbocycles. The first-order chi connectivity index (χ1) is 14.7. The average molecular weight is 432 g/mol. The standard InChI is InChI=1S/C21H19F3N4O3/c1-27(14-19(29)26-17-7-9-18(10-8-17)31-21(22,23)24)20(30)16-11-25-28(13-16)12-15-5-3-2-4-6-15/h2-11,13H,12,14H2,1H3,(H,26,29). The molecule has 0 saturated carbocycles. The van der Waals surface area contributed by atoms with Crippen molar-refractivity contribution in [1.29, 1.82) is 0 Å². The highest BCUT2D eigenvalue weighted by atomic mass is 19.4. The van der Waals surface area contributed by atoms with Crippen LogP contribution in [0.5, 0.6) is 5.75 Å². The molecule has 0 spiro atoms. The molecule has 7 nitrogen and oxygen atoms in total. The van der Waals surface area contributed by atoms with Gasteiger partial charge in [-0.3, -0.25) is 14.3 Å². The van der Waals surface area contributed by atoms with Crippen molar-refractivity contribution in [3.63, 3.8) is 0 Å². The summed E-state index contributed by atoms with van der Waals surface area (Å²) in [6.45, 7) is 0.260. The number of hydrogen-bond acceptors (Lipinski definition) is 4. The molecule has 0 atom stereocenters. The van der Waals surface area contributed by atoms with Crippen molar-refractivity contribution in [2.45, 2.75) is 12.9 Å². The molecule has 2 aromatic carbocycles. The van der Waals surface area contributed by atoms with Crippen molar-refractivity contribution in [2.75, 3.05) is 18.9 Å². The van der Waals surface area contributed by atoms with Gasteiger partial charge in [-0.15, -0.1) is 13.2 Å². The Morgan fingerprint density at radius 1 is 1.10 bits per heavy atom. The molecule has 0 bridgehead atoms. The molecule has 10 heteroatoms. The van der Waals surface area contributed by atoms with Crippen LogP contribution >= 0.6 is 0 Å². The van der Waals surface area contributed by atoms with Crippen molar-refractivity contribution < 1.29 is 27.5 Å². The third kappa shape index (κ3) is 6.59. The fourth-order valence-corrected chi connectivity index (χ4v) is 2.78. The Morgan fingerprint density at radius 3 is 2.42 bits per heavy atom. The van der Waals surface area contributed by atoms with E-state index in [0.29, 0.717) is 12.1 Å². The average Bonchev–Trinajstić information content (AvgIpc) is 3.17. The summed E-state index contributed by atoms with van der Waals surface area (Å²) in [6.07, 6.45) is -1.76. The van der Waals surface area contributed by atoms with Crippen LogP contribution in [0.4, 0.5) is 18.9 Å². The Kier molecular flexibility index (Phi) is 6.58. The van der Waals surface area contributed by atoms with Crippen LogP contribution in [-0.4, -0.2) is 46.4 Å². The number of hydrogen-bond donors (Lipinski definition) is 1. The topological polar surface area (TPSA) is 76.5 Å². The highest BCUT2D eigenvalue weighted by Crippen LogP contribution is 2.23. The summed E-state index contributed by atoms with van der Waals surface area (Å²) in [5, 5.41) is 6.69. The summed E-state index contributed by atoms with van der Waals surface area (Å²) in [4.78, 5) is 25.9. The van der Waals surface area contributed by atoms with E-state index in [1.54, 1.807) is 10.9 Å². The summed E-state index contributed by atoms with van der Waals surface area (Å²) in [6, 6.07) is 14.3. The molecule has 3 aromatic rings. The Morgan fingerprint density at radius 2 is 1.77 bits per heavy atom. The summed E-state index contributed by atoms with van der Waals surface area (Å²) in [5.41, 5.74) is 1.64. The van der Waals surface area contributed by atoms with Gasteiger partial charge in [0.2, 0.25) is 5.91 Å². The first kappa shape index (κ1) is 21.9. The van der Waals surface area contributed by atoms with Crippen LogP contribution < -0.4 is 10.1 Å². The van der Waals surface area contributed by atoms with Crippen LogP contribution in [0.3, 0.4) is 0 Å². The number of nitrogens with one attached hydrogen (secondary N) is 1. The fraction of sp³-hybridized carbons (Fsp3) is 0.190. The zero-order valence-corrected chi connectivity index (χ0v) is 16.5. The molecular weight excluding hydrogens is 413 g/mol. The minimum atomic E-state index is -4.79. The monoisotopic (exact) mass is 432 g/mol. The number of amides is 2. The lowest BCUT2D eigenvalue weighted by atomic mass is 10.2. The van der Waals surface area contributed by atoms with Crippen LogP contribution in [-0.2, 0) is 11.3 Å². The summed E-state index contributed by atoms with van der Waals surface area (Å²) in [5.74, 6) is -1.29. The van der Waals surface area contributed by atoms with E-state index in [0.717, 1.165) is 17.7 Å². The van der Waals surface area contributed by atoms with E-state index in [2.05, 4.69) is 15.2 Å². The van der Waals surface area contributed by atoms with Crippen LogP contribution in [0.15, 0.2) is 67.0 Å². The van der Waals surface area contributed by atoms with E-state index in [-0.39, 0.29) is 18.1 Å². The van der Waals surface area contributed by atoms with Gasteiger partial charge in [0.1, 0.15) is 5.75 Å². The zero-order chi connectivity index (χ0) is 22.4. The van der Waals surface area contributed by atoms with Gasteiger partial charge in [0.15, 0.2) is 0 Å². The van der Waals surface area contributed by atoms with Crippen molar-refractivity contribution >= 4 is 17.5 Å². The van der Waals surface area contributed by atoms with Crippen LogP contribution in [0, 0.1) is 0 Å². The van der Waals surface area contributed by atoms with Crippen molar-refractivity contribution in [1.82, 2.24) is 14.7 Å². The van der Waals surface area contributed by atoms with E-state index in [9.17, 15) is 22.8 Å². The Bertz CT molecular complexity index is 1030. The number of carbonyl (C=O) groups is 2. The van der Waals surface area contributed by atoms with Gasteiger partial charge in [-0.2, -0.15) is 5.10 Å². The predicted octanol–water partition coefficient (Wildman–Crippen LogP) is 3.54. The maximum atomic E-state index is 12.5. The van der Waals surface area contributed by atoms with Crippen LogP contribution in [0.25, 0.3) is 0 Å². The maximum absolute atomic E-state index is 12.5. The van der Waals surface area contributed by atoms with Crippen LogP contribution in [0.1, 0.15) is 15.9 Å². The molecule has 0 radical (unpaired) electrons. The quantitative estimate of drug-likeness (QED) is 0.620. The van der Waals surface area contributed by atoms with Gasteiger partial charge in [0.05, 0.1) is 24.8 Å². The van der Waals surface area contributed by atoms with Gasteiger partial charge in [-0.1, -0.05) is 30.3 Å². The minimum Gasteiger partial charge on any atom is -0.406 e. The lowest BCUT2D eigenvalue weighted by Gasteiger charge is -2.16. The molecule has 3 rings (SSSR count). The van der Waals surface area contributed by atoms with Crippen molar-refractivity contribution in [3.8, 4) is 5.75 Å². The highest BCUT2D eigenvalue weighted by Gasteiger charge is 2.31. The lowest BCUT2D eigenvalue weighted by molar-refractivity contribution is -0.274. The Labute approximate surface area is 176 Å². The molecule has 31 heavy (non-hydrogen) atoms. The zero-order valence-electron chi connectivity index (χ0n) is 16.5. The van der Waals surface area contributed by atoms with E-state index >= 15 is 0 Å². The molecule has 162 valence electrons. The number of likely N-dealkylation sites (N-methyl/N-ethyl adjacent to an activating group) is 1. The van der Waals surface area contributed by atoms with E-state index in [1.807, 2.05) is 30.3 Å². The third-order valence-corrected chi connectivity index (χ3v) is 4.17. The fourth-order valence-electron chi connectivity index (χ4n) is 2.78. The van der Waals surface area contributed by atoms with Gasteiger partial charge in [0, 0.05) is 18.9 Å². The Hall–Kier alpha value is -3.82. The van der Waals surface area contributed by atoms with Gasteiger partial charge >= 0.3 is 6.36 Å². The molecule has 1 N–H and O–H groups in total. The largest absolute Gasteiger partial charge is 0.573 e. The van der Waals surface area contributed by atoms with Crippen molar-refractivity contribution in [2.24, 2.45) is 0 Å². The number of ether oxygens (including phenoxy) is 1. The molecule has 1 heterocycles. The number of halogens is 3. The molecular formula is C21H19F3N4O3. The Balaban J connectivity index is 1.53. The molecule has 0 saturated heterocycles. The predicted molar refractivity (Wildman–Crippen MR) is 106 cm³/mol. The molecule has 1 aromatic heterocycles. The second-order valence-electron chi connectivity index (χ2n) is 6.69. The highest BCUT2D eigenvalue weighted by molar-refractivity contribution is 5.99. The van der Waals surface area contributed by atoms with Crippen molar-refractivity contribution in [3.05, 3.63) is 78.1 Å².